The predicted molar refractivity (Wildman–Crippen MR) is 101 cm³/mol. The first-order valence-corrected chi connectivity index (χ1v) is 9.85. The van der Waals surface area contributed by atoms with Crippen molar-refractivity contribution < 1.29 is 23.6 Å². The van der Waals surface area contributed by atoms with Gasteiger partial charge in [0.2, 0.25) is 5.91 Å². The number of rotatable bonds is 6. The molecule has 2 aliphatic heterocycles. The van der Waals surface area contributed by atoms with Crippen molar-refractivity contribution in [3.8, 4) is 0 Å². The number of hydrogen-bond donors (Lipinski definition) is 0. The molecule has 2 saturated heterocycles. The van der Waals surface area contributed by atoms with Crippen LogP contribution in [-0.4, -0.2) is 52.4 Å². The summed E-state index contributed by atoms with van der Waals surface area (Å²) in [5.41, 5.74) is 0.514. The monoisotopic (exact) mass is 405 g/mol. The first-order valence-electron chi connectivity index (χ1n) is 9.85. The van der Waals surface area contributed by atoms with Crippen LogP contribution in [0.3, 0.4) is 0 Å². The lowest BCUT2D eigenvalue weighted by atomic mass is 10.0. The summed E-state index contributed by atoms with van der Waals surface area (Å²) in [6.45, 7) is 2.09. The van der Waals surface area contributed by atoms with E-state index in [4.69, 9.17) is 13.9 Å². The number of aromatic nitrogens is 1. The fourth-order valence-electron chi connectivity index (χ4n) is 4.06. The van der Waals surface area contributed by atoms with Gasteiger partial charge in [0.15, 0.2) is 11.9 Å². The molecule has 2 aliphatic rings. The number of fused-ring (bicyclic) bond motifs is 1. The number of amides is 1. The normalized spacial score (nSPS) is 20.4. The molecule has 0 radical (unpaired) electrons. The van der Waals surface area contributed by atoms with Crippen molar-refractivity contribution in [3.05, 3.63) is 38.9 Å². The molecule has 1 amide bonds. The highest BCUT2D eigenvalue weighted by molar-refractivity contribution is 5.77. The Morgan fingerprint density at radius 2 is 2.03 bits per heavy atom. The number of carbonyl (C=O) groups excluding carboxylic acids is 1. The lowest BCUT2D eigenvalue weighted by Crippen LogP contribution is -2.50. The standard InChI is InChI=1S/C19H23N3O7/c23-17(20-8-2-1-4-15(20)18-27-10-11-28-18)5-3-9-21-14-7-6-13(22(25)26)12-16(14)29-19(21)24/h6-7,12,15,18H,1-5,8-11H2. The van der Waals surface area contributed by atoms with Gasteiger partial charge in [-0.2, -0.15) is 0 Å². The highest BCUT2D eigenvalue weighted by atomic mass is 16.7. The molecular formula is C19H23N3O7. The van der Waals surface area contributed by atoms with Gasteiger partial charge in [-0.15, -0.1) is 0 Å². The largest absolute Gasteiger partial charge is 0.419 e. The number of nitrogens with zero attached hydrogens (tertiary/aromatic N) is 3. The van der Waals surface area contributed by atoms with Gasteiger partial charge in [-0.05, 0) is 31.7 Å². The summed E-state index contributed by atoms with van der Waals surface area (Å²) in [5.74, 6) is -0.568. The molecule has 2 aromatic rings. The molecule has 10 heteroatoms. The number of nitro benzene ring substituents is 1. The average molecular weight is 405 g/mol. The number of aryl methyl sites for hydroxylation is 1. The van der Waals surface area contributed by atoms with E-state index >= 15 is 0 Å². The minimum atomic E-state index is -0.587. The van der Waals surface area contributed by atoms with Gasteiger partial charge in [-0.1, -0.05) is 0 Å². The maximum atomic E-state index is 12.8. The van der Waals surface area contributed by atoms with Crippen molar-refractivity contribution in [1.82, 2.24) is 9.47 Å². The Labute approximate surface area is 166 Å². The van der Waals surface area contributed by atoms with Gasteiger partial charge in [0.05, 0.1) is 35.8 Å². The number of ether oxygens (including phenoxy) is 2. The number of non-ortho nitro benzene ring substituents is 1. The van der Waals surface area contributed by atoms with Crippen molar-refractivity contribution in [2.24, 2.45) is 0 Å². The van der Waals surface area contributed by atoms with Crippen LogP contribution in [0.1, 0.15) is 32.1 Å². The van der Waals surface area contributed by atoms with E-state index in [1.165, 1.54) is 22.8 Å². The molecule has 2 fully saturated rings. The molecule has 0 bridgehead atoms. The summed E-state index contributed by atoms with van der Waals surface area (Å²) < 4.78 is 17.7. The highest BCUT2D eigenvalue weighted by Gasteiger charge is 2.35. The first kappa shape index (κ1) is 19.6. The molecule has 156 valence electrons. The maximum Gasteiger partial charge on any atom is 0.419 e. The minimum Gasteiger partial charge on any atom is -0.407 e. The van der Waals surface area contributed by atoms with Crippen molar-refractivity contribution in [1.29, 1.82) is 0 Å². The molecule has 29 heavy (non-hydrogen) atoms. The molecule has 0 N–H and O–H groups in total. The van der Waals surface area contributed by atoms with Crippen LogP contribution in [0.2, 0.25) is 0 Å². The van der Waals surface area contributed by atoms with Crippen LogP contribution in [0.5, 0.6) is 0 Å². The number of piperidine rings is 1. The Hall–Kier alpha value is -2.72. The van der Waals surface area contributed by atoms with Crippen LogP contribution >= 0.6 is 0 Å². The number of oxazole rings is 1. The zero-order valence-electron chi connectivity index (χ0n) is 16.0. The smallest absolute Gasteiger partial charge is 0.407 e. The molecule has 10 nitrogen and oxygen atoms in total. The number of carbonyl (C=O) groups is 1. The molecule has 0 spiro atoms. The number of hydrogen-bond acceptors (Lipinski definition) is 7. The third-order valence-electron chi connectivity index (χ3n) is 5.47. The summed E-state index contributed by atoms with van der Waals surface area (Å²) >= 11 is 0. The van der Waals surface area contributed by atoms with Crippen molar-refractivity contribution in [2.75, 3.05) is 19.8 Å². The van der Waals surface area contributed by atoms with Gasteiger partial charge in [0, 0.05) is 25.6 Å². The second kappa shape index (κ2) is 8.34. The number of likely N-dealkylation sites (tertiary alicyclic amines) is 1. The number of nitro groups is 1. The molecule has 1 aromatic carbocycles. The van der Waals surface area contributed by atoms with E-state index in [1.54, 1.807) is 0 Å². The fraction of sp³-hybridized carbons (Fsp3) is 0.579. The molecule has 1 unspecified atom stereocenters. The van der Waals surface area contributed by atoms with Gasteiger partial charge >= 0.3 is 5.76 Å². The fourth-order valence-corrected chi connectivity index (χ4v) is 4.06. The Morgan fingerprint density at radius 3 is 2.79 bits per heavy atom. The third kappa shape index (κ3) is 4.03. The van der Waals surface area contributed by atoms with E-state index in [0.29, 0.717) is 38.2 Å². The molecule has 0 saturated carbocycles. The first-order chi connectivity index (χ1) is 14.0. The SMILES string of the molecule is O=C(CCCn1c(=O)oc2cc([N+](=O)[O-])ccc21)N1CCCCC1C1OCCO1. The van der Waals surface area contributed by atoms with E-state index in [-0.39, 0.29) is 35.9 Å². The minimum absolute atomic E-state index is 0.0188. The van der Waals surface area contributed by atoms with E-state index in [2.05, 4.69) is 0 Å². The second-order valence-electron chi connectivity index (χ2n) is 7.29. The van der Waals surface area contributed by atoms with Crippen molar-refractivity contribution in [3.63, 3.8) is 0 Å². The van der Waals surface area contributed by atoms with E-state index in [9.17, 15) is 19.7 Å². The van der Waals surface area contributed by atoms with Gasteiger partial charge in [-0.25, -0.2) is 4.79 Å². The summed E-state index contributed by atoms with van der Waals surface area (Å²) in [4.78, 5) is 37.1. The summed E-state index contributed by atoms with van der Waals surface area (Å²) in [5, 5.41) is 10.9. The Balaban J connectivity index is 1.40. The zero-order chi connectivity index (χ0) is 20.4. The topological polar surface area (TPSA) is 117 Å². The van der Waals surface area contributed by atoms with Crippen LogP contribution in [0.4, 0.5) is 5.69 Å². The third-order valence-corrected chi connectivity index (χ3v) is 5.47. The van der Waals surface area contributed by atoms with Crippen LogP contribution < -0.4 is 5.76 Å². The number of benzene rings is 1. The van der Waals surface area contributed by atoms with Crippen molar-refractivity contribution in [2.45, 2.75) is 51.0 Å². The van der Waals surface area contributed by atoms with E-state index in [1.807, 2.05) is 4.90 Å². The lowest BCUT2D eigenvalue weighted by Gasteiger charge is -2.38. The van der Waals surface area contributed by atoms with Crippen LogP contribution in [0.25, 0.3) is 11.1 Å². The Kier molecular flexibility index (Phi) is 5.63. The summed E-state index contributed by atoms with van der Waals surface area (Å²) in [7, 11) is 0. The zero-order valence-corrected chi connectivity index (χ0v) is 16.0. The molecule has 4 rings (SSSR count). The average Bonchev–Trinajstić information content (AvgIpc) is 3.35. The van der Waals surface area contributed by atoms with Crippen molar-refractivity contribution >= 4 is 22.7 Å². The maximum absolute atomic E-state index is 12.8. The van der Waals surface area contributed by atoms with Crippen LogP contribution in [0.15, 0.2) is 27.4 Å². The molecule has 1 atom stereocenters. The molecule has 3 heterocycles. The second-order valence-corrected chi connectivity index (χ2v) is 7.29. The van der Waals surface area contributed by atoms with Gasteiger partial charge in [0.25, 0.3) is 5.69 Å². The van der Waals surface area contributed by atoms with Crippen LogP contribution in [0, 0.1) is 10.1 Å². The molecule has 1 aromatic heterocycles. The molecular weight excluding hydrogens is 382 g/mol. The van der Waals surface area contributed by atoms with Crippen LogP contribution in [-0.2, 0) is 20.8 Å². The Bertz CT molecular complexity index is 960. The lowest BCUT2D eigenvalue weighted by molar-refractivity contribution is -0.384. The van der Waals surface area contributed by atoms with Gasteiger partial charge in [-0.3, -0.25) is 19.5 Å². The Morgan fingerprint density at radius 1 is 1.24 bits per heavy atom. The summed E-state index contributed by atoms with van der Waals surface area (Å²) in [6, 6.07) is 4.00. The van der Waals surface area contributed by atoms with Gasteiger partial charge in [0.1, 0.15) is 0 Å². The van der Waals surface area contributed by atoms with E-state index < -0.39 is 10.7 Å². The highest BCUT2D eigenvalue weighted by Crippen LogP contribution is 2.25. The molecule has 0 aliphatic carbocycles. The van der Waals surface area contributed by atoms with E-state index in [0.717, 1.165) is 19.3 Å². The van der Waals surface area contributed by atoms with Gasteiger partial charge < -0.3 is 18.8 Å². The summed E-state index contributed by atoms with van der Waals surface area (Å²) in [6.07, 6.45) is 3.26. The quantitative estimate of drug-likeness (QED) is 0.533. The predicted octanol–water partition coefficient (Wildman–Crippen LogP) is 2.04.